The van der Waals surface area contributed by atoms with E-state index in [9.17, 15) is 32.3 Å². The number of hydrogen-bond donors (Lipinski definition) is 5. The second kappa shape index (κ2) is 33.3. The van der Waals surface area contributed by atoms with Crippen molar-refractivity contribution in [3.8, 4) is 0 Å². The Morgan fingerprint density at radius 2 is 1.12 bits per heavy atom. The van der Waals surface area contributed by atoms with E-state index < -0.39 is 48.8 Å². The summed E-state index contributed by atoms with van der Waals surface area (Å²) in [7, 11) is 0. The van der Waals surface area contributed by atoms with E-state index >= 15 is 0 Å². The SMILES string of the molecule is CCCCCCCCCCCC(=O)OC[C@H](CSC[C@H](N)C(=O)N[C@@H](CO)C(=O)O)OC(=O)CCCCCCCCCCC.O=C(O)C(F)(F)F. The van der Waals surface area contributed by atoms with Gasteiger partial charge in [-0.3, -0.25) is 14.4 Å². The molecule has 12 nitrogen and oxygen atoms in total. The molecule has 1 amide bonds. The Hall–Kier alpha value is -2.59. The van der Waals surface area contributed by atoms with Crippen LogP contribution in [0.4, 0.5) is 13.2 Å². The first kappa shape index (κ1) is 50.5. The standard InChI is InChI=1S/C33H62N2O8S.C2HF3O2/c1-3-5-7-9-11-13-15-17-19-21-30(37)42-24-27(25-44-26-28(34)32(39)35-29(23-36)33(40)41)43-31(38)22-20-18-16-14-12-10-8-6-4-2;3-2(4,5)1(6)7/h27-29,36H,3-26,34H2,1-2H3,(H,35,39)(H,40,41);(H,6,7)/t27-,28+,29+;/m1./s1. The van der Waals surface area contributed by atoms with Crippen LogP contribution in [0.1, 0.15) is 142 Å². The van der Waals surface area contributed by atoms with Gasteiger partial charge in [-0.15, -0.1) is 0 Å². The zero-order valence-electron chi connectivity index (χ0n) is 30.5. The number of alkyl halides is 3. The van der Waals surface area contributed by atoms with Crippen LogP contribution < -0.4 is 11.1 Å². The van der Waals surface area contributed by atoms with Crippen LogP contribution in [0.25, 0.3) is 0 Å². The van der Waals surface area contributed by atoms with Crippen molar-refractivity contribution >= 4 is 41.5 Å². The molecule has 0 rings (SSSR count). The quantitative estimate of drug-likeness (QED) is 0.0378. The summed E-state index contributed by atoms with van der Waals surface area (Å²) in [5, 5.41) is 27.4. The summed E-state index contributed by atoms with van der Waals surface area (Å²) in [5.41, 5.74) is 5.89. The van der Waals surface area contributed by atoms with Gasteiger partial charge in [0.25, 0.3) is 0 Å². The molecule has 6 N–H and O–H groups in total. The van der Waals surface area contributed by atoms with Gasteiger partial charge in [0, 0.05) is 24.3 Å². The maximum atomic E-state index is 12.5. The molecule has 300 valence electrons. The van der Waals surface area contributed by atoms with E-state index in [1.165, 1.54) is 88.8 Å². The van der Waals surface area contributed by atoms with Crippen molar-refractivity contribution in [3.05, 3.63) is 0 Å². The minimum atomic E-state index is -5.08. The normalized spacial score (nSPS) is 12.9. The molecule has 0 heterocycles. The highest BCUT2D eigenvalue weighted by molar-refractivity contribution is 7.99. The summed E-state index contributed by atoms with van der Waals surface area (Å²) in [6.45, 7) is 3.60. The van der Waals surface area contributed by atoms with Crippen LogP contribution in [0.2, 0.25) is 0 Å². The first-order valence-corrected chi connectivity index (χ1v) is 19.5. The summed E-state index contributed by atoms with van der Waals surface area (Å²) in [5.74, 6) is -5.09. The average Bonchev–Trinajstić information content (AvgIpc) is 3.07. The molecule has 51 heavy (non-hydrogen) atoms. The summed E-state index contributed by atoms with van der Waals surface area (Å²) in [6.07, 6.45) is 15.5. The lowest BCUT2D eigenvalue weighted by Gasteiger charge is -2.19. The molecule has 0 spiro atoms. The molecule has 0 aromatic rings. The number of carboxylic acids is 2. The fraction of sp³-hybridized carbons (Fsp3) is 0.857. The number of rotatable bonds is 31. The number of carbonyl (C=O) groups is 5. The van der Waals surface area contributed by atoms with Gasteiger partial charge in [0.2, 0.25) is 5.91 Å². The number of amides is 1. The van der Waals surface area contributed by atoms with Crippen LogP contribution in [0.5, 0.6) is 0 Å². The van der Waals surface area contributed by atoms with Gasteiger partial charge in [-0.05, 0) is 12.8 Å². The van der Waals surface area contributed by atoms with Crippen LogP contribution in [-0.2, 0) is 33.4 Å². The van der Waals surface area contributed by atoms with Gasteiger partial charge in [0.15, 0.2) is 0 Å². The Morgan fingerprint density at radius 3 is 1.51 bits per heavy atom. The van der Waals surface area contributed by atoms with Gasteiger partial charge >= 0.3 is 30.1 Å². The number of aliphatic hydroxyl groups excluding tert-OH is 1. The Labute approximate surface area is 305 Å². The van der Waals surface area contributed by atoms with Crippen molar-refractivity contribution in [1.82, 2.24) is 5.32 Å². The zero-order valence-corrected chi connectivity index (χ0v) is 31.3. The average molecular weight is 761 g/mol. The molecular weight excluding hydrogens is 697 g/mol. The fourth-order valence-corrected chi connectivity index (χ4v) is 5.61. The predicted octanol–water partition coefficient (Wildman–Crippen LogP) is 6.54. The largest absolute Gasteiger partial charge is 0.490 e. The van der Waals surface area contributed by atoms with Crippen molar-refractivity contribution in [2.24, 2.45) is 5.73 Å². The van der Waals surface area contributed by atoms with Gasteiger partial charge in [-0.25, -0.2) is 9.59 Å². The first-order valence-electron chi connectivity index (χ1n) is 18.3. The van der Waals surface area contributed by atoms with Crippen LogP contribution in [0, 0.1) is 0 Å². The molecule has 0 radical (unpaired) electrons. The molecule has 0 aromatic heterocycles. The number of hydrogen-bond acceptors (Lipinski definition) is 10. The molecular formula is C35H63F3N2O10S. The Kier molecular flexibility index (Phi) is 32.9. The van der Waals surface area contributed by atoms with Crippen LogP contribution in [0.3, 0.4) is 0 Å². The van der Waals surface area contributed by atoms with Gasteiger partial charge in [-0.2, -0.15) is 24.9 Å². The van der Waals surface area contributed by atoms with Gasteiger partial charge < -0.3 is 35.8 Å². The van der Waals surface area contributed by atoms with Crippen molar-refractivity contribution in [2.45, 2.75) is 167 Å². The number of halogens is 3. The highest BCUT2D eigenvalue weighted by atomic mass is 32.2. The molecule has 0 saturated carbocycles. The number of thioether (sulfide) groups is 1. The monoisotopic (exact) mass is 760 g/mol. The summed E-state index contributed by atoms with van der Waals surface area (Å²) in [4.78, 5) is 57.0. The van der Waals surface area contributed by atoms with Gasteiger partial charge in [0.05, 0.1) is 12.6 Å². The number of unbranched alkanes of at least 4 members (excludes halogenated alkanes) is 16. The van der Waals surface area contributed by atoms with E-state index in [0.717, 1.165) is 38.5 Å². The molecule has 0 aliphatic heterocycles. The third kappa shape index (κ3) is 33.0. The smallest absolute Gasteiger partial charge is 0.480 e. The molecule has 0 aliphatic rings. The van der Waals surface area contributed by atoms with E-state index in [1.54, 1.807) is 0 Å². The summed E-state index contributed by atoms with van der Waals surface area (Å²) in [6, 6.07) is -2.46. The first-order chi connectivity index (χ1) is 24.2. The second-order valence-electron chi connectivity index (χ2n) is 12.5. The van der Waals surface area contributed by atoms with E-state index in [-0.39, 0.29) is 30.1 Å². The number of nitrogens with one attached hydrogen (secondary N) is 1. The highest BCUT2D eigenvalue weighted by Crippen LogP contribution is 2.15. The molecule has 16 heteroatoms. The zero-order chi connectivity index (χ0) is 38.9. The number of carboxylic acid groups (broad SMARTS) is 2. The number of ether oxygens (including phenoxy) is 2. The highest BCUT2D eigenvalue weighted by Gasteiger charge is 2.38. The molecule has 0 aromatic carbocycles. The lowest BCUT2D eigenvalue weighted by Crippen LogP contribution is -2.50. The summed E-state index contributed by atoms with van der Waals surface area (Å²) >= 11 is 1.25. The summed E-state index contributed by atoms with van der Waals surface area (Å²) < 4.78 is 42.8. The Morgan fingerprint density at radius 1 is 0.706 bits per heavy atom. The van der Waals surface area contributed by atoms with E-state index in [1.807, 2.05) is 0 Å². The van der Waals surface area contributed by atoms with Crippen molar-refractivity contribution in [1.29, 1.82) is 0 Å². The molecule has 3 atom stereocenters. The van der Waals surface area contributed by atoms with Gasteiger partial charge in [0.1, 0.15) is 18.8 Å². The van der Waals surface area contributed by atoms with E-state index in [2.05, 4.69) is 19.2 Å². The van der Waals surface area contributed by atoms with Crippen LogP contribution >= 0.6 is 11.8 Å². The Bertz CT molecular complexity index is 944. The fourth-order valence-electron chi connectivity index (χ4n) is 4.65. The van der Waals surface area contributed by atoms with Crippen LogP contribution in [-0.4, -0.2) is 94.2 Å². The number of esters is 2. The van der Waals surface area contributed by atoms with Gasteiger partial charge in [-0.1, -0.05) is 117 Å². The molecule has 0 aliphatic carbocycles. The minimum Gasteiger partial charge on any atom is -0.480 e. The predicted molar refractivity (Wildman–Crippen MR) is 190 cm³/mol. The third-order valence-electron chi connectivity index (χ3n) is 7.67. The lowest BCUT2D eigenvalue weighted by atomic mass is 10.1. The van der Waals surface area contributed by atoms with E-state index in [0.29, 0.717) is 12.8 Å². The number of aliphatic hydroxyl groups is 1. The maximum Gasteiger partial charge on any atom is 0.490 e. The lowest BCUT2D eigenvalue weighted by molar-refractivity contribution is -0.192. The number of carbonyl (C=O) groups excluding carboxylic acids is 3. The number of aliphatic carboxylic acids is 2. The molecule has 0 fully saturated rings. The van der Waals surface area contributed by atoms with Crippen molar-refractivity contribution in [2.75, 3.05) is 24.7 Å². The third-order valence-corrected chi connectivity index (χ3v) is 8.88. The van der Waals surface area contributed by atoms with Crippen molar-refractivity contribution < 1.29 is 61.9 Å². The maximum absolute atomic E-state index is 12.5. The molecule has 0 unspecified atom stereocenters. The molecule has 0 saturated heterocycles. The Balaban J connectivity index is 0. The second-order valence-corrected chi connectivity index (χ2v) is 13.6. The topological polar surface area (TPSA) is 203 Å². The van der Waals surface area contributed by atoms with Crippen LogP contribution in [0.15, 0.2) is 0 Å². The minimum absolute atomic E-state index is 0.0696. The molecule has 0 bridgehead atoms. The van der Waals surface area contributed by atoms with E-state index in [4.69, 9.17) is 35.3 Å². The van der Waals surface area contributed by atoms with Crippen molar-refractivity contribution in [3.63, 3.8) is 0 Å². The number of nitrogens with two attached hydrogens (primary N) is 1.